The number of carbonyl (C=O) groups excluding carboxylic acids is 1. The molecule has 11 heteroatoms. The number of para-hydroxylation sites is 2. The average Bonchev–Trinajstić information content (AvgIpc) is 3.15. The first-order valence-corrected chi connectivity index (χ1v) is 10.8. The van der Waals surface area contributed by atoms with E-state index in [2.05, 4.69) is 10.4 Å². The van der Waals surface area contributed by atoms with Gasteiger partial charge in [-0.15, -0.1) is 5.10 Å². The predicted molar refractivity (Wildman–Crippen MR) is 124 cm³/mol. The molecule has 1 aliphatic rings. The first kappa shape index (κ1) is 21.2. The number of morpholine rings is 1. The summed E-state index contributed by atoms with van der Waals surface area (Å²) in [6.07, 6.45) is 0. The first-order chi connectivity index (χ1) is 16.0. The van der Waals surface area contributed by atoms with Gasteiger partial charge in [-0.05, 0) is 30.3 Å². The van der Waals surface area contributed by atoms with E-state index in [0.717, 1.165) is 4.68 Å². The van der Waals surface area contributed by atoms with Crippen LogP contribution >= 0.6 is 11.6 Å². The number of ether oxygens (including phenoxy) is 2. The highest BCUT2D eigenvalue weighted by molar-refractivity contribution is 6.31. The molecule has 1 aliphatic heterocycles. The molecule has 2 aromatic heterocycles. The molecule has 0 spiro atoms. The highest BCUT2D eigenvalue weighted by Gasteiger charge is 2.22. The summed E-state index contributed by atoms with van der Waals surface area (Å²) in [6.45, 7) is 2.12. The minimum Gasteiger partial charge on any atom is -0.495 e. The van der Waals surface area contributed by atoms with Crippen molar-refractivity contribution in [1.82, 2.24) is 19.2 Å². The number of benzene rings is 2. The van der Waals surface area contributed by atoms with E-state index in [1.807, 2.05) is 29.2 Å². The molecule has 3 heterocycles. The maximum atomic E-state index is 13.3. The van der Waals surface area contributed by atoms with Crippen molar-refractivity contribution in [3.63, 3.8) is 0 Å². The second-order valence-corrected chi connectivity index (χ2v) is 7.95. The van der Waals surface area contributed by atoms with Crippen molar-refractivity contribution >= 4 is 45.7 Å². The number of carbonyl (C=O) groups is 1. The molecule has 1 N–H and O–H groups in total. The number of fused-ring (bicyclic) bond motifs is 3. The van der Waals surface area contributed by atoms with Gasteiger partial charge in [0.25, 0.3) is 0 Å². The van der Waals surface area contributed by atoms with Crippen LogP contribution in [0.15, 0.2) is 47.3 Å². The molecule has 0 aliphatic carbocycles. The SMILES string of the molecule is COc1ccc(Cl)cc1NC(=O)Cn1nc2c(N3CCOCC3)nc3ccccc3n2c1=O. The van der Waals surface area contributed by atoms with Gasteiger partial charge in [-0.1, -0.05) is 23.7 Å². The summed E-state index contributed by atoms with van der Waals surface area (Å²) < 4.78 is 13.4. The van der Waals surface area contributed by atoms with Gasteiger partial charge in [0.15, 0.2) is 5.82 Å². The summed E-state index contributed by atoms with van der Waals surface area (Å²) in [5, 5.41) is 7.67. The number of aromatic nitrogens is 4. The molecule has 0 atom stereocenters. The second kappa shape index (κ2) is 8.72. The molecule has 2 aromatic carbocycles. The number of hydrogen-bond donors (Lipinski definition) is 1. The Kier molecular flexibility index (Phi) is 5.61. The minimum atomic E-state index is -0.439. The number of nitrogens with one attached hydrogen (secondary N) is 1. The van der Waals surface area contributed by atoms with Crippen molar-refractivity contribution < 1.29 is 14.3 Å². The van der Waals surface area contributed by atoms with Crippen LogP contribution < -0.4 is 20.6 Å². The summed E-state index contributed by atoms with van der Waals surface area (Å²) in [4.78, 5) is 32.9. The van der Waals surface area contributed by atoms with E-state index in [1.54, 1.807) is 18.2 Å². The number of methoxy groups -OCH3 is 1. The first-order valence-electron chi connectivity index (χ1n) is 10.4. The summed E-state index contributed by atoms with van der Waals surface area (Å²) in [5.41, 5.74) is 1.67. The highest BCUT2D eigenvalue weighted by Crippen LogP contribution is 2.28. The third-order valence-electron chi connectivity index (χ3n) is 5.43. The third kappa shape index (κ3) is 3.98. The van der Waals surface area contributed by atoms with E-state index in [1.165, 1.54) is 11.5 Å². The number of halogens is 1. The van der Waals surface area contributed by atoms with Crippen LogP contribution in [0.4, 0.5) is 11.5 Å². The zero-order valence-electron chi connectivity index (χ0n) is 17.8. The van der Waals surface area contributed by atoms with E-state index in [0.29, 0.717) is 65.3 Å². The molecular formula is C22H21ClN6O4. The second-order valence-electron chi connectivity index (χ2n) is 7.52. The number of rotatable bonds is 5. The van der Waals surface area contributed by atoms with Crippen molar-refractivity contribution in [2.24, 2.45) is 0 Å². The molecule has 33 heavy (non-hydrogen) atoms. The average molecular weight is 469 g/mol. The largest absolute Gasteiger partial charge is 0.495 e. The molecule has 1 saturated heterocycles. The normalized spacial score (nSPS) is 14.1. The van der Waals surface area contributed by atoms with Crippen molar-refractivity contribution in [1.29, 1.82) is 0 Å². The Morgan fingerprint density at radius 3 is 2.79 bits per heavy atom. The molecular weight excluding hydrogens is 448 g/mol. The Morgan fingerprint density at radius 1 is 1.21 bits per heavy atom. The summed E-state index contributed by atoms with van der Waals surface area (Å²) in [7, 11) is 1.50. The van der Waals surface area contributed by atoms with Crippen LogP contribution in [0.2, 0.25) is 5.02 Å². The van der Waals surface area contributed by atoms with Crippen LogP contribution in [0.5, 0.6) is 5.75 Å². The maximum Gasteiger partial charge on any atom is 0.351 e. The lowest BCUT2D eigenvalue weighted by molar-refractivity contribution is -0.117. The van der Waals surface area contributed by atoms with Crippen molar-refractivity contribution in [3.8, 4) is 5.75 Å². The van der Waals surface area contributed by atoms with Crippen LogP contribution in [0.1, 0.15) is 0 Å². The van der Waals surface area contributed by atoms with Crippen LogP contribution in [0, 0.1) is 0 Å². The fourth-order valence-electron chi connectivity index (χ4n) is 3.88. The van der Waals surface area contributed by atoms with Crippen molar-refractivity contribution in [3.05, 3.63) is 58.0 Å². The summed E-state index contributed by atoms with van der Waals surface area (Å²) in [6, 6.07) is 12.3. The zero-order chi connectivity index (χ0) is 22.9. The molecule has 1 amide bonds. The van der Waals surface area contributed by atoms with Crippen LogP contribution in [0.3, 0.4) is 0 Å². The molecule has 170 valence electrons. The van der Waals surface area contributed by atoms with Gasteiger partial charge in [0.2, 0.25) is 11.6 Å². The van der Waals surface area contributed by atoms with Gasteiger partial charge < -0.3 is 19.7 Å². The molecule has 0 bridgehead atoms. The summed E-state index contributed by atoms with van der Waals surface area (Å²) in [5.74, 6) is 0.607. The summed E-state index contributed by atoms with van der Waals surface area (Å²) >= 11 is 6.04. The van der Waals surface area contributed by atoms with Crippen molar-refractivity contribution in [2.75, 3.05) is 43.6 Å². The van der Waals surface area contributed by atoms with Gasteiger partial charge in [0.1, 0.15) is 12.3 Å². The van der Waals surface area contributed by atoms with E-state index in [9.17, 15) is 9.59 Å². The van der Waals surface area contributed by atoms with E-state index in [4.69, 9.17) is 26.1 Å². The Hall–Kier alpha value is -3.63. The number of anilines is 2. The van der Waals surface area contributed by atoms with Gasteiger partial charge in [0, 0.05) is 18.1 Å². The number of amides is 1. The third-order valence-corrected chi connectivity index (χ3v) is 5.66. The number of hydrogen-bond acceptors (Lipinski definition) is 7. The van der Waals surface area contributed by atoms with E-state index < -0.39 is 11.6 Å². The topological polar surface area (TPSA) is 103 Å². The standard InChI is InChI=1S/C22H21ClN6O4/c1-32-18-7-6-14(23)12-16(18)24-19(30)13-28-22(31)29-17-5-3-2-4-15(17)25-20(21(29)26-28)27-8-10-33-11-9-27/h2-7,12H,8-11,13H2,1H3,(H,24,30). The lowest BCUT2D eigenvalue weighted by atomic mass is 10.3. The van der Waals surface area contributed by atoms with Crippen LogP contribution in [0.25, 0.3) is 16.7 Å². The molecule has 1 fully saturated rings. The smallest absolute Gasteiger partial charge is 0.351 e. The Labute approximate surface area is 193 Å². The Balaban J connectivity index is 1.55. The van der Waals surface area contributed by atoms with Crippen LogP contribution in [-0.4, -0.2) is 58.5 Å². The van der Waals surface area contributed by atoms with Gasteiger partial charge in [-0.3, -0.25) is 4.79 Å². The maximum absolute atomic E-state index is 13.3. The fraction of sp³-hybridized carbons (Fsp3) is 0.273. The lowest BCUT2D eigenvalue weighted by Crippen LogP contribution is -2.37. The van der Waals surface area contributed by atoms with E-state index in [-0.39, 0.29) is 6.54 Å². The quantitative estimate of drug-likeness (QED) is 0.479. The lowest BCUT2D eigenvalue weighted by Gasteiger charge is -2.27. The minimum absolute atomic E-state index is 0.285. The van der Waals surface area contributed by atoms with Gasteiger partial charge >= 0.3 is 5.69 Å². The van der Waals surface area contributed by atoms with E-state index >= 15 is 0 Å². The molecule has 5 rings (SSSR count). The molecule has 0 unspecified atom stereocenters. The molecule has 0 saturated carbocycles. The monoisotopic (exact) mass is 468 g/mol. The van der Waals surface area contributed by atoms with Crippen LogP contribution in [-0.2, 0) is 16.1 Å². The van der Waals surface area contributed by atoms with Gasteiger partial charge in [-0.2, -0.15) is 0 Å². The Morgan fingerprint density at radius 2 is 2.00 bits per heavy atom. The Bertz CT molecular complexity index is 1410. The molecule has 0 radical (unpaired) electrons. The van der Waals surface area contributed by atoms with Crippen molar-refractivity contribution in [2.45, 2.75) is 6.54 Å². The highest BCUT2D eigenvalue weighted by atomic mass is 35.5. The fourth-order valence-corrected chi connectivity index (χ4v) is 4.05. The van der Waals surface area contributed by atoms with Gasteiger partial charge in [0.05, 0.1) is 37.0 Å². The zero-order valence-corrected chi connectivity index (χ0v) is 18.6. The molecule has 10 nitrogen and oxygen atoms in total. The predicted octanol–water partition coefficient (Wildman–Crippen LogP) is 2.18. The number of nitrogens with zero attached hydrogens (tertiary/aromatic N) is 5. The molecule has 4 aromatic rings. The van der Waals surface area contributed by atoms with Gasteiger partial charge in [-0.25, -0.2) is 18.9 Å².